The van der Waals surface area contributed by atoms with Gasteiger partial charge in [-0.25, -0.2) is 0 Å². The maximum absolute atomic E-state index is 12.1. The lowest BCUT2D eigenvalue weighted by molar-refractivity contribution is -0.117. The van der Waals surface area contributed by atoms with E-state index in [0.717, 1.165) is 23.0 Å². The maximum atomic E-state index is 12.1. The zero-order chi connectivity index (χ0) is 16.8. The van der Waals surface area contributed by atoms with Crippen LogP contribution in [0.3, 0.4) is 0 Å². The van der Waals surface area contributed by atoms with Crippen molar-refractivity contribution in [3.63, 3.8) is 0 Å². The van der Waals surface area contributed by atoms with Gasteiger partial charge in [0.05, 0.1) is 12.5 Å². The third-order valence-electron chi connectivity index (χ3n) is 3.79. The highest BCUT2D eigenvalue weighted by molar-refractivity contribution is 5.87. The number of carbonyl (C=O) groups is 2. The van der Waals surface area contributed by atoms with Crippen molar-refractivity contribution < 1.29 is 19.4 Å². The van der Waals surface area contributed by atoms with Gasteiger partial charge < -0.3 is 9.84 Å². The predicted molar refractivity (Wildman–Crippen MR) is 87.6 cm³/mol. The van der Waals surface area contributed by atoms with E-state index in [4.69, 9.17) is 4.74 Å². The van der Waals surface area contributed by atoms with Crippen molar-refractivity contribution in [3.8, 4) is 0 Å². The van der Waals surface area contributed by atoms with Crippen LogP contribution >= 0.6 is 0 Å². The number of ketones is 1. The second-order valence-corrected chi connectivity index (χ2v) is 5.47. The largest absolute Gasteiger partial charge is 0.386 e. The van der Waals surface area contributed by atoms with Crippen LogP contribution in [0.4, 0.5) is 0 Å². The van der Waals surface area contributed by atoms with Crippen molar-refractivity contribution in [1.82, 2.24) is 0 Å². The SMILES string of the molecule is COC[C@@H](O)c1ccc(C(C(C)=O)c2ccc(C=O)cc2)cc1. The molecular weight excluding hydrogens is 292 g/mol. The van der Waals surface area contributed by atoms with Gasteiger partial charge in [-0.1, -0.05) is 48.5 Å². The molecule has 0 radical (unpaired) electrons. The van der Waals surface area contributed by atoms with E-state index in [0.29, 0.717) is 5.56 Å². The third-order valence-corrected chi connectivity index (χ3v) is 3.79. The summed E-state index contributed by atoms with van der Waals surface area (Å²) in [5.74, 6) is -0.363. The van der Waals surface area contributed by atoms with Crippen LogP contribution in [0, 0.1) is 0 Å². The van der Waals surface area contributed by atoms with Crippen LogP contribution in [0.5, 0.6) is 0 Å². The molecule has 4 nitrogen and oxygen atoms in total. The Morgan fingerprint density at radius 3 is 1.96 bits per heavy atom. The molecule has 0 aliphatic carbocycles. The lowest BCUT2D eigenvalue weighted by Crippen LogP contribution is -2.11. The van der Waals surface area contributed by atoms with E-state index in [1.165, 1.54) is 7.11 Å². The van der Waals surface area contributed by atoms with E-state index >= 15 is 0 Å². The van der Waals surface area contributed by atoms with Gasteiger partial charge in [-0.15, -0.1) is 0 Å². The van der Waals surface area contributed by atoms with Gasteiger partial charge >= 0.3 is 0 Å². The molecule has 0 amide bonds. The Morgan fingerprint density at radius 2 is 1.52 bits per heavy atom. The summed E-state index contributed by atoms with van der Waals surface area (Å²) in [6, 6.07) is 14.3. The fourth-order valence-corrected chi connectivity index (χ4v) is 2.59. The Bertz CT molecular complexity index is 659. The number of benzene rings is 2. The van der Waals surface area contributed by atoms with Crippen LogP contribution in [-0.2, 0) is 9.53 Å². The van der Waals surface area contributed by atoms with Gasteiger partial charge in [-0.3, -0.25) is 9.59 Å². The first kappa shape index (κ1) is 17.1. The molecule has 120 valence electrons. The monoisotopic (exact) mass is 312 g/mol. The number of ether oxygens (including phenoxy) is 1. The predicted octanol–water partition coefficient (Wildman–Crippen LogP) is 2.90. The molecule has 0 saturated carbocycles. The summed E-state index contributed by atoms with van der Waals surface area (Å²) < 4.78 is 4.93. The van der Waals surface area contributed by atoms with Crippen molar-refractivity contribution in [2.24, 2.45) is 0 Å². The van der Waals surface area contributed by atoms with Gasteiger partial charge in [0, 0.05) is 12.7 Å². The zero-order valence-electron chi connectivity index (χ0n) is 13.2. The molecule has 1 unspecified atom stereocenters. The summed E-state index contributed by atoms with van der Waals surface area (Å²) in [6.07, 6.45) is 0.0927. The van der Waals surface area contributed by atoms with Crippen LogP contribution < -0.4 is 0 Å². The molecule has 0 spiro atoms. The fourth-order valence-electron chi connectivity index (χ4n) is 2.59. The van der Waals surface area contributed by atoms with Crippen molar-refractivity contribution in [1.29, 1.82) is 0 Å². The van der Waals surface area contributed by atoms with E-state index in [2.05, 4.69) is 0 Å². The Labute approximate surface area is 135 Å². The number of hydrogen-bond donors (Lipinski definition) is 1. The Balaban J connectivity index is 2.30. The molecule has 0 saturated heterocycles. The van der Waals surface area contributed by atoms with Gasteiger partial charge in [0.1, 0.15) is 18.2 Å². The van der Waals surface area contributed by atoms with E-state index in [-0.39, 0.29) is 18.3 Å². The van der Waals surface area contributed by atoms with E-state index in [1.807, 2.05) is 12.1 Å². The van der Waals surface area contributed by atoms with Crippen LogP contribution in [0.2, 0.25) is 0 Å². The number of rotatable bonds is 7. The molecule has 0 fully saturated rings. The summed E-state index contributed by atoms with van der Waals surface area (Å²) in [4.78, 5) is 22.8. The van der Waals surface area contributed by atoms with Crippen molar-refractivity contribution in [2.75, 3.05) is 13.7 Å². The molecule has 0 heterocycles. The van der Waals surface area contributed by atoms with Gasteiger partial charge in [0.2, 0.25) is 0 Å². The highest BCUT2D eigenvalue weighted by atomic mass is 16.5. The van der Waals surface area contributed by atoms with Gasteiger partial charge in [-0.05, 0) is 23.6 Å². The normalized spacial score (nSPS) is 13.3. The van der Waals surface area contributed by atoms with Crippen LogP contribution in [-0.4, -0.2) is 30.9 Å². The smallest absolute Gasteiger partial charge is 0.150 e. The molecular formula is C19H20O4. The Hall–Kier alpha value is -2.30. The fraction of sp³-hybridized carbons (Fsp3) is 0.263. The summed E-state index contributed by atoms with van der Waals surface area (Å²) in [5.41, 5.74) is 3.02. The lowest BCUT2D eigenvalue weighted by atomic mass is 9.87. The van der Waals surface area contributed by atoms with Crippen LogP contribution in [0.15, 0.2) is 48.5 Å². The first-order chi connectivity index (χ1) is 11.1. The number of carbonyl (C=O) groups excluding carboxylic acids is 2. The van der Waals surface area contributed by atoms with Crippen LogP contribution in [0.25, 0.3) is 0 Å². The van der Waals surface area contributed by atoms with Crippen LogP contribution in [0.1, 0.15) is 46.0 Å². The molecule has 2 aromatic rings. The maximum Gasteiger partial charge on any atom is 0.150 e. The minimum absolute atomic E-state index is 0.0223. The number of aliphatic hydroxyl groups excluding tert-OH is 1. The molecule has 0 aliphatic rings. The molecule has 2 rings (SSSR count). The van der Waals surface area contributed by atoms with Crippen molar-refractivity contribution in [2.45, 2.75) is 18.9 Å². The molecule has 0 bridgehead atoms. The second kappa shape index (κ2) is 7.81. The summed E-state index contributed by atoms with van der Waals surface area (Å²) >= 11 is 0. The average molecular weight is 312 g/mol. The first-order valence-corrected chi connectivity index (χ1v) is 7.39. The molecule has 2 aromatic carbocycles. The average Bonchev–Trinajstić information content (AvgIpc) is 2.56. The second-order valence-electron chi connectivity index (χ2n) is 5.47. The minimum atomic E-state index is -0.684. The van der Waals surface area contributed by atoms with Crippen molar-refractivity contribution in [3.05, 3.63) is 70.8 Å². The zero-order valence-corrected chi connectivity index (χ0v) is 13.2. The lowest BCUT2D eigenvalue weighted by Gasteiger charge is -2.16. The standard InChI is InChI=1S/C19H20O4/c1-13(21)19(16-5-3-14(11-20)4-6-16)17-9-7-15(8-10-17)18(22)12-23-2/h3-11,18-19,22H,12H2,1-2H3/t18-,19?/m1/s1. The van der Waals surface area contributed by atoms with Gasteiger partial charge in [-0.2, -0.15) is 0 Å². The Morgan fingerprint density at radius 1 is 1.04 bits per heavy atom. The van der Waals surface area contributed by atoms with Gasteiger partial charge in [0.25, 0.3) is 0 Å². The van der Waals surface area contributed by atoms with E-state index in [9.17, 15) is 14.7 Å². The molecule has 23 heavy (non-hydrogen) atoms. The third kappa shape index (κ3) is 4.12. The molecule has 4 heteroatoms. The molecule has 0 aliphatic heterocycles. The molecule has 0 aromatic heterocycles. The topological polar surface area (TPSA) is 63.6 Å². The quantitative estimate of drug-likeness (QED) is 0.799. The minimum Gasteiger partial charge on any atom is -0.386 e. The number of methoxy groups -OCH3 is 1. The summed E-state index contributed by atoms with van der Waals surface area (Å²) in [6.45, 7) is 1.77. The number of aliphatic hydroxyl groups is 1. The van der Waals surface area contributed by atoms with Gasteiger partial charge in [0.15, 0.2) is 0 Å². The highest BCUT2D eigenvalue weighted by Crippen LogP contribution is 2.27. The van der Waals surface area contributed by atoms with E-state index < -0.39 is 6.10 Å². The first-order valence-electron chi connectivity index (χ1n) is 7.39. The number of hydrogen-bond acceptors (Lipinski definition) is 4. The summed E-state index contributed by atoms with van der Waals surface area (Å²) in [7, 11) is 1.53. The summed E-state index contributed by atoms with van der Waals surface area (Å²) in [5, 5.41) is 9.91. The number of aldehydes is 1. The Kier molecular flexibility index (Phi) is 5.79. The highest BCUT2D eigenvalue weighted by Gasteiger charge is 2.19. The molecule has 2 atom stereocenters. The molecule has 1 N–H and O–H groups in total. The van der Waals surface area contributed by atoms with E-state index in [1.54, 1.807) is 43.3 Å². The number of Topliss-reactive ketones (excluding diaryl/α,β-unsaturated/α-hetero) is 1. The van der Waals surface area contributed by atoms with Crippen molar-refractivity contribution >= 4 is 12.1 Å².